The molecule has 0 bridgehead atoms. The summed E-state index contributed by atoms with van der Waals surface area (Å²) in [5.41, 5.74) is 2.13. The Morgan fingerprint density at radius 1 is 1.20 bits per heavy atom. The predicted molar refractivity (Wildman–Crippen MR) is 53.7 cm³/mol. The highest BCUT2D eigenvalue weighted by atomic mass is 19.1. The lowest BCUT2D eigenvalue weighted by Gasteiger charge is -2.01. The van der Waals surface area contributed by atoms with E-state index in [1.807, 2.05) is 6.92 Å². The summed E-state index contributed by atoms with van der Waals surface area (Å²) >= 11 is 0. The van der Waals surface area contributed by atoms with Crippen LogP contribution in [0.25, 0.3) is 11.3 Å². The lowest BCUT2D eigenvalue weighted by atomic mass is 10.1. The van der Waals surface area contributed by atoms with Gasteiger partial charge in [-0.3, -0.25) is 4.68 Å². The van der Waals surface area contributed by atoms with Crippen molar-refractivity contribution >= 4 is 0 Å². The molecule has 0 aliphatic rings. The summed E-state index contributed by atoms with van der Waals surface area (Å²) in [5.74, 6) is -0.381. The lowest BCUT2D eigenvalue weighted by Crippen LogP contribution is -1.95. The molecule has 5 heteroatoms. The van der Waals surface area contributed by atoms with Crippen LogP contribution >= 0.6 is 0 Å². The van der Waals surface area contributed by atoms with E-state index in [0.717, 1.165) is 5.69 Å². The van der Waals surface area contributed by atoms with E-state index in [1.165, 1.54) is 6.33 Å². The highest BCUT2D eigenvalue weighted by Crippen LogP contribution is 2.23. The van der Waals surface area contributed by atoms with Gasteiger partial charge >= 0.3 is 0 Å². The third kappa shape index (κ3) is 1.60. The third-order valence-electron chi connectivity index (χ3n) is 2.23. The molecule has 0 fully saturated rings. The van der Waals surface area contributed by atoms with Gasteiger partial charge in [-0.2, -0.15) is 5.10 Å². The first-order valence-electron chi connectivity index (χ1n) is 4.57. The molecule has 78 valence electrons. The van der Waals surface area contributed by atoms with Crippen molar-refractivity contribution in [3.63, 3.8) is 0 Å². The smallest absolute Gasteiger partial charge is 0.170 e. The van der Waals surface area contributed by atoms with Crippen molar-refractivity contribution in [1.29, 1.82) is 0 Å². The SMILES string of the molecule is Cc1nn(C)cc1-c1ncnc(C)c1F. The van der Waals surface area contributed by atoms with Crippen LogP contribution in [-0.4, -0.2) is 19.7 Å². The van der Waals surface area contributed by atoms with E-state index in [0.29, 0.717) is 17.0 Å². The number of hydrogen-bond acceptors (Lipinski definition) is 3. The Labute approximate surface area is 86.8 Å². The molecule has 0 N–H and O–H groups in total. The molecular weight excluding hydrogens is 195 g/mol. The summed E-state index contributed by atoms with van der Waals surface area (Å²) in [6.45, 7) is 3.44. The summed E-state index contributed by atoms with van der Waals surface area (Å²) in [4.78, 5) is 7.73. The second kappa shape index (κ2) is 3.42. The zero-order chi connectivity index (χ0) is 11.0. The van der Waals surface area contributed by atoms with Gasteiger partial charge in [-0.05, 0) is 13.8 Å². The van der Waals surface area contributed by atoms with Crippen molar-refractivity contribution in [2.24, 2.45) is 7.05 Å². The Kier molecular flexibility index (Phi) is 2.22. The number of rotatable bonds is 1. The Morgan fingerprint density at radius 3 is 2.53 bits per heavy atom. The highest BCUT2D eigenvalue weighted by molar-refractivity contribution is 5.61. The van der Waals surface area contributed by atoms with Crippen molar-refractivity contribution < 1.29 is 4.39 Å². The van der Waals surface area contributed by atoms with Crippen molar-refractivity contribution in [3.8, 4) is 11.3 Å². The molecule has 15 heavy (non-hydrogen) atoms. The summed E-state index contributed by atoms with van der Waals surface area (Å²) in [5, 5.41) is 4.15. The fourth-order valence-corrected chi connectivity index (χ4v) is 1.48. The van der Waals surface area contributed by atoms with Gasteiger partial charge < -0.3 is 0 Å². The van der Waals surface area contributed by atoms with Crippen molar-refractivity contribution in [2.45, 2.75) is 13.8 Å². The minimum atomic E-state index is -0.381. The van der Waals surface area contributed by atoms with Gasteiger partial charge in [0.05, 0.1) is 11.4 Å². The van der Waals surface area contributed by atoms with Crippen molar-refractivity contribution in [1.82, 2.24) is 19.7 Å². The molecule has 2 aromatic rings. The summed E-state index contributed by atoms with van der Waals surface area (Å²) in [6.07, 6.45) is 3.11. The largest absolute Gasteiger partial charge is 0.275 e. The maximum atomic E-state index is 13.7. The molecule has 0 radical (unpaired) electrons. The summed E-state index contributed by atoms with van der Waals surface area (Å²) < 4.78 is 15.4. The van der Waals surface area contributed by atoms with Crippen LogP contribution in [0.2, 0.25) is 0 Å². The van der Waals surface area contributed by atoms with Crippen molar-refractivity contribution in [2.75, 3.05) is 0 Å². The lowest BCUT2D eigenvalue weighted by molar-refractivity contribution is 0.606. The first kappa shape index (κ1) is 9.76. The molecule has 0 saturated heterocycles. The fraction of sp³-hybridized carbons (Fsp3) is 0.300. The van der Waals surface area contributed by atoms with Crippen LogP contribution in [0, 0.1) is 19.7 Å². The van der Waals surface area contributed by atoms with Crippen LogP contribution in [0.1, 0.15) is 11.4 Å². The number of aromatic nitrogens is 4. The van der Waals surface area contributed by atoms with E-state index in [9.17, 15) is 4.39 Å². The highest BCUT2D eigenvalue weighted by Gasteiger charge is 2.14. The number of halogens is 1. The molecule has 0 amide bonds. The first-order chi connectivity index (χ1) is 7.09. The van der Waals surface area contributed by atoms with Gasteiger partial charge in [-0.25, -0.2) is 14.4 Å². The quantitative estimate of drug-likeness (QED) is 0.712. The fourth-order valence-electron chi connectivity index (χ4n) is 1.48. The Balaban J connectivity index is 2.64. The van der Waals surface area contributed by atoms with E-state index in [2.05, 4.69) is 15.1 Å². The van der Waals surface area contributed by atoms with Crippen molar-refractivity contribution in [3.05, 3.63) is 29.7 Å². The van der Waals surface area contributed by atoms with Gasteiger partial charge in [-0.1, -0.05) is 0 Å². The van der Waals surface area contributed by atoms with Crippen LogP contribution < -0.4 is 0 Å². The van der Waals surface area contributed by atoms with Crippen LogP contribution in [0.15, 0.2) is 12.5 Å². The Morgan fingerprint density at radius 2 is 1.93 bits per heavy atom. The minimum absolute atomic E-state index is 0.313. The van der Waals surface area contributed by atoms with Crippen LogP contribution in [-0.2, 0) is 7.05 Å². The average Bonchev–Trinajstić information content (AvgIpc) is 2.50. The molecule has 0 aliphatic heterocycles. The van der Waals surface area contributed by atoms with Gasteiger partial charge in [-0.15, -0.1) is 0 Å². The van der Waals surface area contributed by atoms with E-state index < -0.39 is 0 Å². The second-order valence-corrected chi connectivity index (χ2v) is 3.42. The topological polar surface area (TPSA) is 43.6 Å². The zero-order valence-electron chi connectivity index (χ0n) is 8.82. The zero-order valence-corrected chi connectivity index (χ0v) is 8.82. The van der Waals surface area contributed by atoms with Gasteiger partial charge in [0.1, 0.15) is 12.0 Å². The standard InChI is InChI=1S/C10H11FN4/c1-6-8(4-15(3)14-6)10-9(11)7(2)12-5-13-10/h4-5H,1-3H3. The number of aryl methyl sites for hydroxylation is 3. The Bertz CT molecular complexity index is 504. The van der Waals surface area contributed by atoms with Gasteiger partial charge in [0, 0.05) is 18.8 Å². The first-order valence-corrected chi connectivity index (χ1v) is 4.57. The molecule has 2 aromatic heterocycles. The van der Waals surface area contributed by atoms with E-state index in [4.69, 9.17) is 0 Å². The molecule has 0 aliphatic carbocycles. The molecule has 0 saturated carbocycles. The number of hydrogen-bond donors (Lipinski definition) is 0. The third-order valence-corrected chi connectivity index (χ3v) is 2.23. The molecule has 0 unspecified atom stereocenters. The van der Waals surface area contributed by atoms with Crippen LogP contribution in [0.4, 0.5) is 4.39 Å². The van der Waals surface area contributed by atoms with E-state index in [-0.39, 0.29) is 5.82 Å². The molecule has 2 heterocycles. The molecule has 0 aromatic carbocycles. The van der Waals surface area contributed by atoms with Gasteiger partial charge in [0.2, 0.25) is 0 Å². The molecular formula is C10H11FN4. The Hall–Kier alpha value is -1.78. The normalized spacial score (nSPS) is 10.7. The monoisotopic (exact) mass is 206 g/mol. The molecule has 0 atom stereocenters. The maximum Gasteiger partial charge on any atom is 0.170 e. The van der Waals surface area contributed by atoms with Gasteiger partial charge in [0.25, 0.3) is 0 Å². The molecule has 4 nitrogen and oxygen atoms in total. The van der Waals surface area contributed by atoms with E-state index >= 15 is 0 Å². The summed E-state index contributed by atoms with van der Waals surface area (Å²) in [6, 6.07) is 0. The summed E-state index contributed by atoms with van der Waals surface area (Å²) in [7, 11) is 1.79. The molecule has 2 rings (SSSR count). The number of nitrogens with zero attached hydrogens (tertiary/aromatic N) is 4. The van der Waals surface area contributed by atoms with Crippen LogP contribution in [0.5, 0.6) is 0 Å². The van der Waals surface area contributed by atoms with Gasteiger partial charge in [0.15, 0.2) is 5.82 Å². The maximum absolute atomic E-state index is 13.7. The second-order valence-electron chi connectivity index (χ2n) is 3.42. The minimum Gasteiger partial charge on any atom is -0.275 e. The van der Waals surface area contributed by atoms with Crippen LogP contribution in [0.3, 0.4) is 0 Å². The average molecular weight is 206 g/mol. The predicted octanol–water partition coefficient (Wildman–Crippen LogP) is 1.63. The van der Waals surface area contributed by atoms with E-state index in [1.54, 1.807) is 24.9 Å². The molecule has 0 spiro atoms.